The van der Waals surface area contributed by atoms with Gasteiger partial charge < -0.3 is 10.6 Å². The van der Waals surface area contributed by atoms with Crippen molar-refractivity contribution in [3.8, 4) is 0 Å². The molecule has 6 heteroatoms. The van der Waals surface area contributed by atoms with E-state index in [1.165, 1.54) is 16.9 Å². The topological polar surface area (TPSA) is 66.9 Å². The predicted molar refractivity (Wildman–Crippen MR) is 81.2 cm³/mol. The molecule has 1 aliphatic carbocycles. The number of aromatic nitrogens is 2. The molecule has 0 aliphatic heterocycles. The normalized spacial score (nSPS) is 17.8. The second-order valence-electron chi connectivity index (χ2n) is 5.28. The van der Waals surface area contributed by atoms with Crippen LogP contribution in [-0.2, 0) is 17.6 Å². The zero-order valence-electron chi connectivity index (χ0n) is 11.7. The van der Waals surface area contributed by atoms with Crippen molar-refractivity contribution < 1.29 is 4.79 Å². The maximum Gasteiger partial charge on any atom is 0.239 e. The molecule has 106 valence electrons. The Morgan fingerprint density at radius 3 is 3.15 bits per heavy atom. The fourth-order valence-electron chi connectivity index (χ4n) is 2.66. The van der Waals surface area contributed by atoms with Crippen LogP contribution in [0.5, 0.6) is 0 Å². The van der Waals surface area contributed by atoms with E-state index in [2.05, 4.69) is 27.5 Å². The van der Waals surface area contributed by atoms with E-state index >= 15 is 0 Å². The predicted octanol–water partition coefficient (Wildman–Crippen LogP) is 1.97. The molecule has 0 fully saturated rings. The Bertz CT molecular complexity index is 652. The van der Waals surface area contributed by atoms with E-state index in [4.69, 9.17) is 0 Å². The summed E-state index contributed by atoms with van der Waals surface area (Å²) in [7, 11) is 1.63. The molecular formula is C14H18N4OS. The highest BCUT2D eigenvalue weighted by Crippen LogP contribution is 2.39. The van der Waals surface area contributed by atoms with Crippen LogP contribution in [0.2, 0.25) is 0 Å². The van der Waals surface area contributed by atoms with Crippen LogP contribution in [-0.4, -0.2) is 29.5 Å². The maximum absolute atomic E-state index is 11.4. The Labute approximate surface area is 121 Å². The molecule has 0 radical (unpaired) electrons. The SMILES string of the molecule is CNC(=O)CNc1ncnc2sc3c(c12)CCC(C)C3. The number of likely N-dealkylation sites (N-methyl/N-ethyl adjacent to an activating group) is 1. The second-order valence-corrected chi connectivity index (χ2v) is 6.36. The summed E-state index contributed by atoms with van der Waals surface area (Å²) in [5.74, 6) is 1.48. The summed E-state index contributed by atoms with van der Waals surface area (Å²) in [6.07, 6.45) is 4.99. The number of carbonyl (C=O) groups is 1. The monoisotopic (exact) mass is 290 g/mol. The molecule has 1 aliphatic rings. The van der Waals surface area contributed by atoms with Crippen molar-refractivity contribution in [3.63, 3.8) is 0 Å². The zero-order valence-corrected chi connectivity index (χ0v) is 12.5. The van der Waals surface area contributed by atoms with Crippen LogP contribution in [0, 0.1) is 5.92 Å². The second kappa shape index (κ2) is 5.36. The molecule has 0 saturated carbocycles. The van der Waals surface area contributed by atoms with Crippen molar-refractivity contribution in [1.29, 1.82) is 0 Å². The molecule has 1 atom stereocenters. The van der Waals surface area contributed by atoms with E-state index in [1.807, 2.05) is 0 Å². The van der Waals surface area contributed by atoms with Crippen LogP contribution in [0.4, 0.5) is 5.82 Å². The van der Waals surface area contributed by atoms with Gasteiger partial charge in [0.05, 0.1) is 11.9 Å². The first-order chi connectivity index (χ1) is 9.69. The van der Waals surface area contributed by atoms with Gasteiger partial charge in [-0.3, -0.25) is 4.79 Å². The van der Waals surface area contributed by atoms with Gasteiger partial charge >= 0.3 is 0 Å². The number of aryl methyl sites for hydroxylation is 1. The third-order valence-electron chi connectivity index (χ3n) is 3.79. The van der Waals surface area contributed by atoms with Crippen molar-refractivity contribution in [2.75, 3.05) is 18.9 Å². The number of anilines is 1. The molecule has 2 heterocycles. The number of nitrogens with zero attached hydrogens (tertiary/aromatic N) is 2. The first-order valence-corrected chi connectivity index (χ1v) is 7.70. The van der Waals surface area contributed by atoms with Gasteiger partial charge in [-0.15, -0.1) is 11.3 Å². The van der Waals surface area contributed by atoms with Gasteiger partial charge in [0.15, 0.2) is 0 Å². The summed E-state index contributed by atoms with van der Waals surface area (Å²) < 4.78 is 0. The molecule has 0 aromatic carbocycles. The molecule has 1 amide bonds. The van der Waals surface area contributed by atoms with Gasteiger partial charge in [0.25, 0.3) is 0 Å². The Balaban J connectivity index is 1.98. The molecule has 3 rings (SSSR count). The van der Waals surface area contributed by atoms with Crippen LogP contribution >= 0.6 is 11.3 Å². The number of nitrogens with one attached hydrogen (secondary N) is 2. The molecule has 20 heavy (non-hydrogen) atoms. The van der Waals surface area contributed by atoms with E-state index in [9.17, 15) is 4.79 Å². The number of thiophene rings is 1. The van der Waals surface area contributed by atoms with Crippen LogP contribution < -0.4 is 10.6 Å². The lowest BCUT2D eigenvalue weighted by atomic mass is 9.89. The van der Waals surface area contributed by atoms with Crippen LogP contribution in [0.1, 0.15) is 23.8 Å². The first-order valence-electron chi connectivity index (χ1n) is 6.88. The molecule has 1 unspecified atom stereocenters. The third kappa shape index (κ3) is 2.35. The number of fused-ring (bicyclic) bond motifs is 3. The molecular weight excluding hydrogens is 272 g/mol. The summed E-state index contributed by atoms with van der Waals surface area (Å²) in [5.41, 5.74) is 1.38. The number of hydrogen-bond donors (Lipinski definition) is 2. The summed E-state index contributed by atoms with van der Waals surface area (Å²) >= 11 is 1.77. The molecule has 2 N–H and O–H groups in total. The van der Waals surface area contributed by atoms with Crippen molar-refractivity contribution in [2.45, 2.75) is 26.2 Å². The minimum atomic E-state index is -0.0468. The van der Waals surface area contributed by atoms with Crippen molar-refractivity contribution in [2.24, 2.45) is 5.92 Å². The van der Waals surface area contributed by atoms with Crippen molar-refractivity contribution in [1.82, 2.24) is 15.3 Å². The summed E-state index contributed by atoms with van der Waals surface area (Å²) in [5, 5.41) is 6.85. The van der Waals surface area contributed by atoms with E-state index in [0.29, 0.717) is 0 Å². The highest BCUT2D eigenvalue weighted by Gasteiger charge is 2.23. The molecule has 0 spiro atoms. The quantitative estimate of drug-likeness (QED) is 0.907. The lowest BCUT2D eigenvalue weighted by Crippen LogP contribution is -2.26. The molecule has 2 aromatic rings. The fraction of sp³-hybridized carbons (Fsp3) is 0.500. The minimum Gasteiger partial charge on any atom is -0.360 e. The summed E-state index contributed by atoms with van der Waals surface area (Å²) in [6, 6.07) is 0. The molecule has 2 aromatic heterocycles. The van der Waals surface area contributed by atoms with Crippen molar-refractivity contribution >= 4 is 33.3 Å². The Kier molecular flexibility index (Phi) is 3.56. The largest absolute Gasteiger partial charge is 0.360 e. The first kappa shape index (κ1) is 13.3. The van der Waals surface area contributed by atoms with Crippen LogP contribution in [0.25, 0.3) is 10.2 Å². The third-order valence-corrected chi connectivity index (χ3v) is 4.95. The Hall–Kier alpha value is -1.69. The molecule has 5 nitrogen and oxygen atoms in total. The van der Waals surface area contributed by atoms with Gasteiger partial charge in [-0.25, -0.2) is 9.97 Å². The summed E-state index contributed by atoms with van der Waals surface area (Å²) in [6.45, 7) is 2.54. The number of rotatable bonds is 3. The highest BCUT2D eigenvalue weighted by molar-refractivity contribution is 7.19. The van der Waals surface area contributed by atoms with Crippen molar-refractivity contribution in [3.05, 3.63) is 16.8 Å². The maximum atomic E-state index is 11.4. The molecule has 0 bridgehead atoms. The average Bonchev–Trinajstić information content (AvgIpc) is 2.82. The average molecular weight is 290 g/mol. The standard InChI is InChI=1S/C14H18N4OS/c1-8-3-4-9-10(5-8)20-14-12(9)13(17-7-18-14)16-6-11(19)15-2/h7-8H,3-6H2,1-2H3,(H,15,19)(H,16,17,18). The summed E-state index contributed by atoms with van der Waals surface area (Å²) in [4.78, 5) is 22.5. The number of hydrogen-bond acceptors (Lipinski definition) is 5. The number of amides is 1. The van der Waals surface area contributed by atoms with Gasteiger partial charge in [-0.05, 0) is 30.7 Å². The van der Waals surface area contributed by atoms with Crippen LogP contribution in [0.3, 0.4) is 0 Å². The van der Waals surface area contributed by atoms with Gasteiger partial charge in [0.1, 0.15) is 17.0 Å². The van der Waals surface area contributed by atoms with Gasteiger partial charge in [-0.1, -0.05) is 6.92 Å². The Morgan fingerprint density at radius 2 is 2.35 bits per heavy atom. The smallest absolute Gasteiger partial charge is 0.239 e. The van der Waals surface area contributed by atoms with E-state index in [1.54, 1.807) is 24.7 Å². The van der Waals surface area contributed by atoms with Crippen LogP contribution in [0.15, 0.2) is 6.33 Å². The van der Waals surface area contributed by atoms with Gasteiger partial charge in [0, 0.05) is 11.9 Å². The lowest BCUT2D eigenvalue weighted by molar-refractivity contribution is -0.118. The number of carbonyl (C=O) groups excluding carboxylic acids is 1. The van der Waals surface area contributed by atoms with E-state index < -0.39 is 0 Å². The lowest BCUT2D eigenvalue weighted by Gasteiger charge is -2.18. The van der Waals surface area contributed by atoms with Gasteiger partial charge in [0.2, 0.25) is 5.91 Å². The fourth-order valence-corrected chi connectivity index (χ4v) is 4.01. The van der Waals surface area contributed by atoms with Gasteiger partial charge in [-0.2, -0.15) is 0 Å². The Morgan fingerprint density at radius 1 is 1.50 bits per heavy atom. The zero-order chi connectivity index (χ0) is 14.1. The minimum absolute atomic E-state index is 0.0468. The van der Waals surface area contributed by atoms with E-state index in [-0.39, 0.29) is 12.5 Å². The highest BCUT2D eigenvalue weighted by atomic mass is 32.1. The van der Waals surface area contributed by atoms with E-state index in [0.717, 1.165) is 34.8 Å². The molecule has 0 saturated heterocycles.